The fraction of sp³-hybridized carbons (Fsp3) is 0.226. The summed E-state index contributed by atoms with van der Waals surface area (Å²) in [6.45, 7) is 5.73. The van der Waals surface area contributed by atoms with Gasteiger partial charge in [0.2, 0.25) is 11.8 Å². The third-order valence-electron chi connectivity index (χ3n) is 6.92. The van der Waals surface area contributed by atoms with E-state index in [9.17, 15) is 13.7 Å². The van der Waals surface area contributed by atoms with Crippen LogP contribution >= 0.6 is 0 Å². The molecule has 0 aliphatic carbocycles. The molecule has 0 unspecified atom stereocenters. The first-order chi connectivity index (χ1) is 19.6. The van der Waals surface area contributed by atoms with Crippen LogP contribution in [0, 0.1) is 36.5 Å². The number of anilines is 2. The van der Waals surface area contributed by atoms with Crippen molar-refractivity contribution in [3.8, 4) is 23.8 Å². The predicted octanol–water partition coefficient (Wildman–Crippen LogP) is 5.33. The van der Waals surface area contributed by atoms with Crippen molar-refractivity contribution in [3.63, 3.8) is 0 Å². The van der Waals surface area contributed by atoms with E-state index in [-0.39, 0.29) is 0 Å². The van der Waals surface area contributed by atoms with Crippen LogP contribution in [-0.2, 0) is 29.3 Å². The molecule has 5 rings (SSSR count). The van der Waals surface area contributed by atoms with Gasteiger partial charge in [-0.15, -0.1) is 0 Å². The summed E-state index contributed by atoms with van der Waals surface area (Å²) in [5.41, 5.74) is 6.27. The van der Waals surface area contributed by atoms with Gasteiger partial charge in [0.15, 0.2) is 9.84 Å². The molecule has 41 heavy (non-hydrogen) atoms. The highest BCUT2D eigenvalue weighted by Gasteiger charge is 2.25. The molecule has 1 aliphatic heterocycles. The van der Waals surface area contributed by atoms with Crippen LogP contribution in [0.4, 0.5) is 11.6 Å². The Morgan fingerprint density at radius 2 is 1.61 bits per heavy atom. The fourth-order valence-corrected chi connectivity index (χ4v) is 5.48. The van der Waals surface area contributed by atoms with Gasteiger partial charge < -0.3 is 10.1 Å². The Balaban J connectivity index is 1.47. The van der Waals surface area contributed by atoms with Gasteiger partial charge in [-0.25, -0.2) is 13.4 Å². The number of aromatic nitrogens is 2. The van der Waals surface area contributed by atoms with Gasteiger partial charge in [-0.2, -0.15) is 15.5 Å². The molecule has 0 atom stereocenters. The molecule has 3 aromatic carbocycles. The van der Waals surface area contributed by atoms with Gasteiger partial charge in [0.05, 0.1) is 39.4 Å². The van der Waals surface area contributed by atoms with Crippen molar-refractivity contribution in [1.82, 2.24) is 14.9 Å². The SMILES string of the molecule is Cc1cc(C#N)cc(C)c1Oc1nc(Nc2ccc(C#N)cc2)nc2c1CN(Cc1ccc(S(C)(=O)=O)cc1)CC2. The predicted molar refractivity (Wildman–Crippen MR) is 155 cm³/mol. The molecular weight excluding hydrogens is 536 g/mol. The Hall–Kier alpha value is -4.77. The number of nitrogens with one attached hydrogen (secondary N) is 1. The number of nitriles is 2. The second-order valence-corrected chi connectivity index (χ2v) is 12.1. The van der Waals surface area contributed by atoms with Crippen LogP contribution in [0.25, 0.3) is 0 Å². The zero-order valence-electron chi connectivity index (χ0n) is 23.0. The average Bonchev–Trinajstić information content (AvgIpc) is 2.95. The molecule has 1 N–H and O–H groups in total. The van der Waals surface area contributed by atoms with Crippen molar-refractivity contribution in [2.24, 2.45) is 0 Å². The standard InChI is InChI=1S/C31H28N6O3S/c1-20-14-24(17-33)15-21(2)29(20)40-30-27-19-37(18-23-6-10-26(11-7-23)41(3,38)39)13-12-28(27)35-31(36-30)34-25-8-4-22(16-32)5-9-25/h4-11,14-15H,12-13,18-19H2,1-3H3,(H,34,35,36). The van der Waals surface area contributed by atoms with Gasteiger partial charge in [0.1, 0.15) is 5.75 Å². The summed E-state index contributed by atoms with van der Waals surface area (Å²) in [6, 6.07) is 21.9. The number of nitrogens with zero attached hydrogens (tertiary/aromatic N) is 5. The maximum absolute atomic E-state index is 11.8. The number of fused-ring (bicyclic) bond motifs is 1. The molecule has 0 spiro atoms. The van der Waals surface area contributed by atoms with Crippen LogP contribution in [0.5, 0.6) is 11.6 Å². The lowest BCUT2D eigenvalue weighted by Crippen LogP contribution is -2.31. The monoisotopic (exact) mass is 564 g/mol. The van der Waals surface area contributed by atoms with Crippen LogP contribution < -0.4 is 10.1 Å². The van der Waals surface area contributed by atoms with Crippen LogP contribution in [-0.4, -0.2) is 36.1 Å². The summed E-state index contributed by atoms with van der Waals surface area (Å²) in [5, 5.41) is 21.7. The van der Waals surface area contributed by atoms with Crippen LogP contribution in [0.2, 0.25) is 0 Å². The van der Waals surface area contributed by atoms with Gasteiger partial charge in [-0.3, -0.25) is 4.90 Å². The smallest absolute Gasteiger partial charge is 0.230 e. The number of hydrogen-bond acceptors (Lipinski definition) is 9. The minimum atomic E-state index is -3.25. The molecule has 0 saturated carbocycles. The van der Waals surface area contributed by atoms with Crippen molar-refractivity contribution in [2.45, 2.75) is 38.3 Å². The van der Waals surface area contributed by atoms with E-state index in [1.54, 1.807) is 48.5 Å². The third-order valence-corrected chi connectivity index (χ3v) is 8.05. The van der Waals surface area contributed by atoms with Gasteiger partial charge in [-0.1, -0.05) is 12.1 Å². The lowest BCUT2D eigenvalue weighted by molar-refractivity contribution is 0.238. The summed E-state index contributed by atoms with van der Waals surface area (Å²) in [4.78, 5) is 12.1. The molecule has 1 aromatic heterocycles. The second-order valence-electron chi connectivity index (χ2n) is 10.1. The van der Waals surface area contributed by atoms with E-state index in [1.807, 2.05) is 26.0 Å². The zero-order chi connectivity index (χ0) is 29.1. The van der Waals surface area contributed by atoms with Gasteiger partial charge in [0.25, 0.3) is 0 Å². The molecule has 0 amide bonds. The van der Waals surface area contributed by atoms with Crippen molar-refractivity contribution in [3.05, 3.63) is 99.7 Å². The maximum atomic E-state index is 11.8. The summed E-state index contributed by atoms with van der Waals surface area (Å²) in [5.74, 6) is 1.46. The molecule has 1 aliphatic rings. The molecule has 2 heterocycles. The van der Waals surface area contributed by atoms with E-state index in [1.165, 1.54) is 6.26 Å². The van der Waals surface area contributed by atoms with Gasteiger partial charge in [0, 0.05) is 38.0 Å². The van der Waals surface area contributed by atoms with Crippen molar-refractivity contribution >= 4 is 21.5 Å². The molecule has 10 heteroatoms. The Labute approximate surface area is 239 Å². The summed E-state index contributed by atoms with van der Waals surface area (Å²) >= 11 is 0. The number of benzene rings is 3. The van der Waals surface area contributed by atoms with E-state index in [0.717, 1.165) is 40.2 Å². The molecule has 0 saturated heterocycles. The lowest BCUT2D eigenvalue weighted by Gasteiger charge is -2.29. The topological polar surface area (TPSA) is 132 Å². The number of sulfone groups is 1. The molecule has 4 aromatic rings. The molecule has 9 nitrogen and oxygen atoms in total. The number of aryl methyl sites for hydroxylation is 2. The van der Waals surface area contributed by atoms with Gasteiger partial charge >= 0.3 is 0 Å². The largest absolute Gasteiger partial charge is 0.438 e. The third kappa shape index (κ3) is 6.36. The summed E-state index contributed by atoms with van der Waals surface area (Å²) < 4.78 is 30.2. The minimum absolute atomic E-state index is 0.296. The number of rotatable bonds is 7. The first kappa shape index (κ1) is 27.8. The first-order valence-corrected chi connectivity index (χ1v) is 14.9. The normalized spacial score (nSPS) is 13.1. The quantitative estimate of drug-likeness (QED) is 0.316. The lowest BCUT2D eigenvalue weighted by atomic mass is 10.0. The molecule has 206 valence electrons. The average molecular weight is 565 g/mol. The highest BCUT2D eigenvalue weighted by molar-refractivity contribution is 7.90. The van der Waals surface area contributed by atoms with Crippen molar-refractivity contribution in [2.75, 3.05) is 18.1 Å². The minimum Gasteiger partial charge on any atom is -0.438 e. The molecule has 0 radical (unpaired) electrons. The number of ether oxygens (including phenoxy) is 1. The van der Waals surface area contributed by atoms with E-state index >= 15 is 0 Å². The van der Waals surface area contributed by atoms with Crippen LogP contribution in [0.1, 0.15) is 39.1 Å². The Bertz CT molecular complexity index is 1780. The van der Waals surface area contributed by atoms with Crippen molar-refractivity contribution < 1.29 is 13.2 Å². The highest BCUT2D eigenvalue weighted by Crippen LogP contribution is 2.35. The van der Waals surface area contributed by atoms with Crippen LogP contribution in [0.15, 0.2) is 65.6 Å². The van der Waals surface area contributed by atoms with E-state index in [4.69, 9.17) is 20.0 Å². The Morgan fingerprint density at radius 3 is 2.22 bits per heavy atom. The van der Waals surface area contributed by atoms with Crippen LogP contribution in [0.3, 0.4) is 0 Å². The molecular formula is C31H28N6O3S. The van der Waals surface area contributed by atoms with E-state index in [0.29, 0.717) is 53.1 Å². The molecule has 0 bridgehead atoms. The van der Waals surface area contributed by atoms with E-state index < -0.39 is 9.84 Å². The van der Waals surface area contributed by atoms with Gasteiger partial charge in [-0.05, 0) is 79.1 Å². The number of hydrogen-bond donors (Lipinski definition) is 1. The van der Waals surface area contributed by atoms with Crippen molar-refractivity contribution in [1.29, 1.82) is 10.5 Å². The fourth-order valence-electron chi connectivity index (χ4n) is 4.84. The molecule has 0 fully saturated rings. The zero-order valence-corrected chi connectivity index (χ0v) is 23.8. The maximum Gasteiger partial charge on any atom is 0.230 e. The summed E-state index contributed by atoms with van der Waals surface area (Å²) in [6.07, 6.45) is 1.87. The van der Waals surface area contributed by atoms with E-state index in [2.05, 4.69) is 22.4 Å². The first-order valence-electron chi connectivity index (χ1n) is 13.0. The Morgan fingerprint density at radius 1 is 0.951 bits per heavy atom. The Kier molecular flexibility index (Phi) is 7.71. The second kappa shape index (κ2) is 11.4. The highest BCUT2D eigenvalue weighted by atomic mass is 32.2. The summed E-state index contributed by atoms with van der Waals surface area (Å²) in [7, 11) is -3.25.